The first kappa shape index (κ1) is 12.6. The number of benzene rings is 1. The Labute approximate surface area is 109 Å². The lowest BCUT2D eigenvalue weighted by Gasteiger charge is -2.21. The fourth-order valence-electron chi connectivity index (χ4n) is 2.19. The molecule has 1 saturated carbocycles. The molecule has 4 heteroatoms. The number of nitrogens with one attached hydrogen (secondary N) is 1. The summed E-state index contributed by atoms with van der Waals surface area (Å²) < 4.78 is 13.5. The van der Waals surface area contributed by atoms with Crippen molar-refractivity contribution in [3.05, 3.63) is 28.5 Å². The van der Waals surface area contributed by atoms with Gasteiger partial charge in [0.05, 0.1) is 5.69 Å². The van der Waals surface area contributed by atoms with Crippen molar-refractivity contribution in [1.82, 2.24) is 0 Å². The molecule has 0 atom stereocenters. The summed E-state index contributed by atoms with van der Waals surface area (Å²) in [7, 11) is 0. The van der Waals surface area contributed by atoms with Crippen LogP contribution in [0.1, 0.15) is 32.1 Å². The molecule has 2 nitrogen and oxygen atoms in total. The van der Waals surface area contributed by atoms with Crippen LogP contribution in [0.2, 0.25) is 0 Å². The Hall–Kier alpha value is -0.900. The number of hydrogen-bond acceptors (Lipinski definition) is 1. The van der Waals surface area contributed by atoms with Crippen molar-refractivity contribution in [2.45, 2.75) is 32.1 Å². The lowest BCUT2D eigenvalue weighted by molar-refractivity contribution is -0.120. The number of rotatable bonds is 2. The van der Waals surface area contributed by atoms with Gasteiger partial charge in [0.2, 0.25) is 5.91 Å². The second kappa shape index (κ2) is 5.63. The summed E-state index contributed by atoms with van der Waals surface area (Å²) in [6.45, 7) is 0. The van der Waals surface area contributed by atoms with Crippen molar-refractivity contribution in [2.24, 2.45) is 5.92 Å². The highest BCUT2D eigenvalue weighted by Crippen LogP contribution is 2.27. The molecule has 1 aromatic rings. The zero-order valence-electron chi connectivity index (χ0n) is 9.51. The smallest absolute Gasteiger partial charge is 0.227 e. The van der Waals surface area contributed by atoms with Gasteiger partial charge in [-0.15, -0.1) is 0 Å². The third-order valence-corrected chi connectivity index (χ3v) is 3.82. The summed E-state index contributed by atoms with van der Waals surface area (Å²) in [5.41, 5.74) is 0.641. The molecule has 0 radical (unpaired) electrons. The highest BCUT2D eigenvalue weighted by Gasteiger charge is 2.21. The Morgan fingerprint density at radius 3 is 2.65 bits per heavy atom. The van der Waals surface area contributed by atoms with E-state index < -0.39 is 0 Å². The Balaban J connectivity index is 2.02. The van der Waals surface area contributed by atoms with Crippen LogP contribution in [0.25, 0.3) is 0 Å². The average Bonchev–Trinajstić information content (AvgIpc) is 2.34. The van der Waals surface area contributed by atoms with Crippen LogP contribution in [-0.4, -0.2) is 5.91 Å². The summed E-state index contributed by atoms with van der Waals surface area (Å²) >= 11 is 3.24. The predicted molar refractivity (Wildman–Crippen MR) is 69.3 cm³/mol. The normalized spacial score (nSPS) is 16.8. The second-order valence-electron chi connectivity index (χ2n) is 4.45. The molecule has 0 unspecified atom stereocenters. The number of hydrogen-bond donors (Lipinski definition) is 1. The summed E-state index contributed by atoms with van der Waals surface area (Å²) in [6, 6.07) is 4.29. The van der Waals surface area contributed by atoms with Crippen LogP contribution < -0.4 is 5.32 Å². The Bertz CT molecular complexity index is 416. The first-order valence-corrected chi connectivity index (χ1v) is 6.72. The number of anilines is 1. The van der Waals surface area contributed by atoms with Gasteiger partial charge in [-0.2, -0.15) is 0 Å². The Morgan fingerprint density at radius 1 is 1.29 bits per heavy atom. The third kappa shape index (κ3) is 3.28. The van der Waals surface area contributed by atoms with Gasteiger partial charge in [-0.05, 0) is 47.0 Å². The van der Waals surface area contributed by atoms with Crippen molar-refractivity contribution in [2.75, 3.05) is 5.32 Å². The van der Waals surface area contributed by atoms with E-state index in [1.807, 2.05) is 0 Å². The van der Waals surface area contributed by atoms with E-state index in [4.69, 9.17) is 0 Å². The molecule has 0 saturated heterocycles. The van der Waals surface area contributed by atoms with Crippen molar-refractivity contribution in [3.63, 3.8) is 0 Å². The molecule has 1 aliphatic rings. The topological polar surface area (TPSA) is 29.1 Å². The lowest BCUT2D eigenvalue weighted by Crippen LogP contribution is -2.24. The molecule has 0 aliphatic heterocycles. The molecule has 0 bridgehead atoms. The zero-order valence-corrected chi connectivity index (χ0v) is 11.1. The Morgan fingerprint density at radius 2 is 2.00 bits per heavy atom. The quantitative estimate of drug-likeness (QED) is 0.875. The van der Waals surface area contributed by atoms with Gasteiger partial charge in [0.15, 0.2) is 0 Å². The maximum atomic E-state index is 12.9. The van der Waals surface area contributed by atoms with Crippen LogP contribution in [0, 0.1) is 11.7 Å². The van der Waals surface area contributed by atoms with Gasteiger partial charge < -0.3 is 5.32 Å². The fraction of sp³-hybridized carbons (Fsp3) is 0.462. The van der Waals surface area contributed by atoms with Gasteiger partial charge in [0.25, 0.3) is 0 Å². The van der Waals surface area contributed by atoms with Gasteiger partial charge in [0.1, 0.15) is 5.82 Å². The van der Waals surface area contributed by atoms with Crippen LogP contribution >= 0.6 is 15.9 Å². The van der Waals surface area contributed by atoms with E-state index in [1.54, 1.807) is 6.07 Å². The molecule has 92 valence electrons. The maximum Gasteiger partial charge on any atom is 0.227 e. The molecule has 1 aliphatic carbocycles. The highest BCUT2D eigenvalue weighted by atomic mass is 79.9. The van der Waals surface area contributed by atoms with E-state index in [2.05, 4.69) is 21.2 Å². The molecule has 1 aromatic carbocycles. The zero-order chi connectivity index (χ0) is 12.3. The SMILES string of the molecule is O=C(Nc1ccc(F)cc1Br)C1CCCCC1. The third-order valence-electron chi connectivity index (χ3n) is 3.16. The molecule has 1 fully saturated rings. The fourth-order valence-corrected chi connectivity index (χ4v) is 2.64. The van der Waals surface area contributed by atoms with E-state index in [0.29, 0.717) is 10.2 Å². The number of amides is 1. The van der Waals surface area contributed by atoms with E-state index in [-0.39, 0.29) is 17.6 Å². The van der Waals surface area contributed by atoms with E-state index in [9.17, 15) is 9.18 Å². The summed E-state index contributed by atoms with van der Waals surface area (Å²) in [5, 5.41) is 2.85. The van der Waals surface area contributed by atoms with Crippen molar-refractivity contribution in [3.8, 4) is 0 Å². The molecule has 1 N–H and O–H groups in total. The van der Waals surface area contributed by atoms with Crippen molar-refractivity contribution in [1.29, 1.82) is 0 Å². The largest absolute Gasteiger partial charge is 0.325 e. The van der Waals surface area contributed by atoms with Crippen molar-refractivity contribution < 1.29 is 9.18 Å². The minimum Gasteiger partial charge on any atom is -0.325 e. The number of carbonyl (C=O) groups excluding carboxylic acids is 1. The van der Waals surface area contributed by atoms with E-state index in [0.717, 1.165) is 25.7 Å². The molecule has 0 heterocycles. The minimum atomic E-state index is -0.312. The Kier molecular flexibility index (Phi) is 4.15. The standard InChI is InChI=1S/C13H15BrFNO/c14-11-8-10(15)6-7-12(11)16-13(17)9-4-2-1-3-5-9/h6-9H,1-5H2,(H,16,17). The van der Waals surface area contributed by atoms with Gasteiger partial charge in [-0.1, -0.05) is 19.3 Å². The lowest BCUT2D eigenvalue weighted by atomic mass is 9.88. The highest BCUT2D eigenvalue weighted by molar-refractivity contribution is 9.10. The molecule has 0 spiro atoms. The van der Waals surface area contributed by atoms with Gasteiger partial charge in [0, 0.05) is 10.4 Å². The van der Waals surface area contributed by atoms with Gasteiger partial charge >= 0.3 is 0 Å². The van der Waals surface area contributed by atoms with Crippen LogP contribution in [0.4, 0.5) is 10.1 Å². The molecular formula is C13H15BrFNO. The number of carbonyl (C=O) groups is 1. The molecule has 17 heavy (non-hydrogen) atoms. The minimum absolute atomic E-state index is 0.0528. The summed E-state index contributed by atoms with van der Waals surface area (Å²) in [5.74, 6) is -0.148. The molecule has 0 aromatic heterocycles. The van der Waals surface area contributed by atoms with E-state index >= 15 is 0 Å². The van der Waals surface area contributed by atoms with Crippen molar-refractivity contribution >= 4 is 27.5 Å². The van der Waals surface area contributed by atoms with Crippen LogP contribution in [-0.2, 0) is 4.79 Å². The molecule has 1 amide bonds. The van der Waals surface area contributed by atoms with Crippen LogP contribution in [0.3, 0.4) is 0 Å². The first-order chi connectivity index (χ1) is 8.16. The second-order valence-corrected chi connectivity index (χ2v) is 5.30. The monoisotopic (exact) mass is 299 g/mol. The number of halogens is 2. The van der Waals surface area contributed by atoms with Crippen LogP contribution in [0.15, 0.2) is 22.7 Å². The van der Waals surface area contributed by atoms with Crippen LogP contribution in [0.5, 0.6) is 0 Å². The molecule has 2 rings (SSSR count). The van der Waals surface area contributed by atoms with E-state index in [1.165, 1.54) is 18.6 Å². The first-order valence-electron chi connectivity index (χ1n) is 5.93. The predicted octanol–water partition coefficient (Wildman–Crippen LogP) is 4.11. The summed E-state index contributed by atoms with van der Waals surface area (Å²) in [6.07, 6.45) is 5.41. The van der Waals surface area contributed by atoms with Gasteiger partial charge in [-0.25, -0.2) is 4.39 Å². The average molecular weight is 300 g/mol. The summed E-state index contributed by atoms with van der Waals surface area (Å²) in [4.78, 5) is 12.0. The van der Waals surface area contributed by atoms with Gasteiger partial charge in [-0.3, -0.25) is 4.79 Å². The maximum absolute atomic E-state index is 12.9. The molecular weight excluding hydrogens is 285 g/mol.